The van der Waals surface area contributed by atoms with E-state index in [4.69, 9.17) is 17.6 Å². The summed E-state index contributed by atoms with van der Waals surface area (Å²) < 4.78 is 30.5. The zero-order valence-corrected chi connectivity index (χ0v) is 18.8. The number of hydrogen-bond acceptors (Lipinski definition) is 3. The number of nitrogens with zero attached hydrogens (tertiary/aromatic N) is 1. The van der Waals surface area contributed by atoms with Crippen molar-refractivity contribution in [2.45, 2.75) is 38.3 Å². The van der Waals surface area contributed by atoms with Gasteiger partial charge in [-0.2, -0.15) is 8.78 Å². The molecule has 2 aromatic rings. The minimum absolute atomic E-state index is 0.0925. The summed E-state index contributed by atoms with van der Waals surface area (Å²) >= 11 is 9.23. The van der Waals surface area contributed by atoms with Crippen LogP contribution in [-0.2, 0) is 5.54 Å². The quantitative estimate of drug-likeness (QED) is 0.510. The minimum atomic E-state index is -2.87. The van der Waals surface area contributed by atoms with Crippen LogP contribution in [0, 0.1) is 10.8 Å². The Balaban J connectivity index is 1.72. The fourth-order valence-corrected chi connectivity index (χ4v) is 4.62. The zero-order valence-electron chi connectivity index (χ0n) is 16.4. The first-order valence-corrected chi connectivity index (χ1v) is 10.9. The molecule has 0 bridgehead atoms. The summed E-state index contributed by atoms with van der Waals surface area (Å²) in [6.45, 7) is 0.0644. The van der Waals surface area contributed by atoms with Crippen LogP contribution in [0.5, 0.6) is 5.75 Å². The molecular formula is C22H22BrF2N3OS. The van der Waals surface area contributed by atoms with Gasteiger partial charge in [0.2, 0.25) is 0 Å². The molecule has 1 aliphatic heterocycles. The van der Waals surface area contributed by atoms with E-state index in [9.17, 15) is 8.78 Å². The van der Waals surface area contributed by atoms with Gasteiger partial charge in [0.25, 0.3) is 0 Å². The number of ether oxygens (including phenoxy) is 1. The Morgan fingerprint density at radius 2 is 1.90 bits per heavy atom. The molecule has 0 radical (unpaired) electrons. The van der Waals surface area contributed by atoms with Crippen LogP contribution in [0.4, 0.5) is 8.78 Å². The fourth-order valence-electron chi connectivity index (χ4n) is 3.87. The number of thiocarbonyl (C=S) groups is 1. The summed E-state index contributed by atoms with van der Waals surface area (Å²) in [6.07, 6.45) is 2.66. The molecule has 1 heterocycles. The molecule has 30 heavy (non-hydrogen) atoms. The molecule has 2 fully saturated rings. The summed E-state index contributed by atoms with van der Waals surface area (Å²) in [7, 11) is 0. The lowest BCUT2D eigenvalue weighted by molar-refractivity contribution is -0.0498. The molecule has 0 amide bonds. The van der Waals surface area contributed by atoms with Crippen LogP contribution in [0.2, 0.25) is 0 Å². The highest BCUT2D eigenvalue weighted by Gasteiger charge is 2.46. The average molecular weight is 494 g/mol. The molecule has 2 N–H and O–H groups in total. The van der Waals surface area contributed by atoms with Crippen molar-refractivity contribution in [3.63, 3.8) is 0 Å². The van der Waals surface area contributed by atoms with E-state index in [1.165, 1.54) is 12.1 Å². The Labute approximate surface area is 188 Å². The van der Waals surface area contributed by atoms with Crippen LogP contribution >= 0.6 is 28.1 Å². The van der Waals surface area contributed by atoms with E-state index in [0.717, 1.165) is 35.0 Å². The molecule has 8 heteroatoms. The van der Waals surface area contributed by atoms with E-state index in [2.05, 4.69) is 32.9 Å². The second kappa shape index (κ2) is 7.89. The highest BCUT2D eigenvalue weighted by Crippen LogP contribution is 2.47. The molecule has 4 rings (SSSR count). The Hall–Kier alpha value is -2.06. The lowest BCUT2D eigenvalue weighted by Gasteiger charge is -2.46. The van der Waals surface area contributed by atoms with Gasteiger partial charge in [0.15, 0.2) is 5.11 Å². The first-order chi connectivity index (χ1) is 14.2. The number of benzene rings is 2. The van der Waals surface area contributed by atoms with Crippen LogP contribution in [0.25, 0.3) is 0 Å². The van der Waals surface area contributed by atoms with E-state index in [-0.39, 0.29) is 11.2 Å². The Morgan fingerprint density at radius 1 is 1.20 bits per heavy atom. The number of rotatable bonds is 6. The number of amidine groups is 1. The fraction of sp³-hybridized carbons (Fsp3) is 0.364. The van der Waals surface area contributed by atoms with Gasteiger partial charge in [-0.15, -0.1) is 0 Å². The van der Waals surface area contributed by atoms with Gasteiger partial charge in [0.05, 0.1) is 5.54 Å². The molecular weight excluding hydrogens is 472 g/mol. The van der Waals surface area contributed by atoms with E-state index in [0.29, 0.717) is 17.4 Å². The second-order valence-electron chi connectivity index (χ2n) is 8.27. The molecule has 158 valence electrons. The van der Waals surface area contributed by atoms with Gasteiger partial charge in [-0.1, -0.05) is 47.1 Å². The maximum Gasteiger partial charge on any atom is 0.387 e. The minimum Gasteiger partial charge on any atom is -0.435 e. The first kappa shape index (κ1) is 21.2. The van der Waals surface area contributed by atoms with Gasteiger partial charge < -0.3 is 15.0 Å². The molecule has 1 saturated heterocycles. The number of hydrogen-bond donors (Lipinski definition) is 2. The monoisotopic (exact) mass is 493 g/mol. The van der Waals surface area contributed by atoms with Gasteiger partial charge in [0.1, 0.15) is 11.6 Å². The molecule has 1 aliphatic carbocycles. The van der Waals surface area contributed by atoms with Crippen LogP contribution in [0.3, 0.4) is 0 Å². The van der Waals surface area contributed by atoms with Crippen LogP contribution in [-0.4, -0.2) is 29.0 Å². The second-order valence-corrected chi connectivity index (χ2v) is 9.57. The van der Waals surface area contributed by atoms with Gasteiger partial charge in [-0.05, 0) is 65.9 Å². The van der Waals surface area contributed by atoms with Gasteiger partial charge in [-0.3, -0.25) is 5.41 Å². The first-order valence-electron chi connectivity index (χ1n) is 9.69. The lowest BCUT2D eigenvalue weighted by Crippen LogP contribution is -2.61. The Bertz CT molecular complexity index is 961. The molecule has 0 aromatic heterocycles. The van der Waals surface area contributed by atoms with Crippen molar-refractivity contribution in [3.8, 4) is 5.75 Å². The molecule has 1 unspecified atom stereocenters. The van der Waals surface area contributed by atoms with Crippen molar-refractivity contribution in [1.82, 2.24) is 10.2 Å². The largest absolute Gasteiger partial charge is 0.435 e. The van der Waals surface area contributed by atoms with Crippen molar-refractivity contribution < 1.29 is 13.5 Å². The summed E-state index contributed by atoms with van der Waals surface area (Å²) in [5.41, 5.74) is 1.19. The smallest absolute Gasteiger partial charge is 0.387 e. The third-order valence-electron chi connectivity index (χ3n) is 5.86. The Morgan fingerprint density at radius 3 is 2.47 bits per heavy atom. The van der Waals surface area contributed by atoms with Crippen molar-refractivity contribution >= 4 is 39.1 Å². The highest BCUT2D eigenvalue weighted by molar-refractivity contribution is 9.10. The SMILES string of the molecule is CC1(CN2C(=N)CC(c3ccc(OC(F)F)cc3)(c3cccc(Br)c3)NC2=S)CC1. The van der Waals surface area contributed by atoms with E-state index < -0.39 is 12.2 Å². The third-order valence-corrected chi connectivity index (χ3v) is 6.67. The van der Waals surface area contributed by atoms with E-state index in [1.807, 2.05) is 29.2 Å². The maximum absolute atomic E-state index is 12.6. The van der Waals surface area contributed by atoms with Crippen molar-refractivity contribution in [2.75, 3.05) is 6.54 Å². The lowest BCUT2D eigenvalue weighted by atomic mass is 9.78. The molecule has 2 aromatic carbocycles. The average Bonchev–Trinajstić information content (AvgIpc) is 3.42. The van der Waals surface area contributed by atoms with Crippen LogP contribution in [0.1, 0.15) is 37.3 Å². The predicted octanol–water partition coefficient (Wildman–Crippen LogP) is 5.65. The van der Waals surface area contributed by atoms with Gasteiger partial charge in [0, 0.05) is 17.4 Å². The normalized spacial score (nSPS) is 22.8. The van der Waals surface area contributed by atoms with E-state index in [1.54, 1.807) is 12.1 Å². The van der Waals surface area contributed by atoms with Crippen molar-refractivity contribution in [2.24, 2.45) is 5.41 Å². The summed E-state index contributed by atoms with van der Waals surface area (Å²) in [5.74, 6) is 0.537. The maximum atomic E-state index is 12.6. The molecule has 0 spiro atoms. The van der Waals surface area contributed by atoms with Crippen molar-refractivity contribution in [1.29, 1.82) is 5.41 Å². The standard InChI is InChI=1S/C22H22BrF2N3OS/c1-21(9-10-21)13-28-18(26)12-22(27-20(28)30,15-3-2-4-16(23)11-15)14-5-7-17(8-6-14)29-19(24)25/h2-8,11,19,26H,9-10,12-13H2,1H3,(H,27,30). The highest BCUT2D eigenvalue weighted by atomic mass is 79.9. The Kier molecular flexibility index (Phi) is 5.57. The molecule has 2 aliphatic rings. The van der Waals surface area contributed by atoms with Crippen LogP contribution in [0.15, 0.2) is 53.0 Å². The topological polar surface area (TPSA) is 48.4 Å². The number of nitrogens with one attached hydrogen (secondary N) is 2. The van der Waals surface area contributed by atoms with E-state index >= 15 is 0 Å². The summed E-state index contributed by atoms with van der Waals surface area (Å²) in [4.78, 5) is 1.88. The number of alkyl halides is 2. The van der Waals surface area contributed by atoms with Crippen molar-refractivity contribution in [3.05, 3.63) is 64.1 Å². The van der Waals surface area contributed by atoms with Gasteiger partial charge >= 0.3 is 6.61 Å². The summed E-state index contributed by atoms with van der Waals surface area (Å²) in [6, 6.07) is 14.4. The van der Waals surface area contributed by atoms with Crippen LogP contribution < -0.4 is 10.1 Å². The third kappa shape index (κ3) is 4.21. The molecule has 4 nitrogen and oxygen atoms in total. The zero-order chi connectivity index (χ0) is 21.5. The molecule has 1 saturated carbocycles. The summed E-state index contributed by atoms with van der Waals surface area (Å²) in [5, 5.41) is 12.8. The molecule has 1 atom stereocenters. The van der Waals surface area contributed by atoms with Gasteiger partial charge in [-0.25, -0.2) is 0 Å². The predicted molar refractivity (Wildman–Crippen MR) is 120 cm³/mol. The number of halogens is 3.